The zero-order valence-corrected chi connectivity index (χ0v) is 18.2. The van der Waals surface area contributed by atoms with Gasteiger partial charge in [-0.2, -0.15) is 0 Å². The van der Waals surface area contributed by atoms with E-state index in [1.54, 1.807) is 6.07 Å². The Labute approximate surface area is 184 Å². The molecule has 0 saturated heterocycles. The Hall–Kier alpha value is -3.20. The topological polar surface area (TPSA) is 88.9 Å². The van der Waals surface area contributed by atoms with Crippen LogP contribution in [0, 0.1) is 5.82 Å². The molecule has 3 aromatic rings. The maximum atomic E-state index is 13.8. The van der Waals surface area contributed by atoms with Crippen LogP contribution in [0.2, 0.25) is 0 Å². The fourth-order valence-electron chi connectivity index (χ4n) is 3.04. The minimum Gasteiger partial charge on any atom is -0.345 e. The Morgan fingerprint density at radius 2 is 1.81 bits per heavy atom. The molecule has 31 heavy (non-hydrogen) atoms. The number of nitrogens with zero attached hydrogens (tertiary/aromatic N) is 3. The summed E-state index contributed by atoms with van der Waals surface area (Å²) in [5.41, 5.74) is 1.86. The van der Waals surface area contributed by atoms with E-state index in [0.717, 1.165) is 17.7 Å². The molecule has 0 aliphatic heterocycles. The number of aromatic nitrogens is 3. The summed E-state index contributed by atoms with van der Waals surface area (Å²) in [6.07, 6.45) is 0.829. The first kappa shape index (κ1) is 22.5. The minimum atomic E-state index is -0.580. The maximum Gasteiger partial charge on any atom is 0.254 e. The van der Waals surface area contributed by atoms with Crippen molar-refractivity contribution in [3.63, 3.8) is 0 Å². The van der Waals surface area contributed by atoms with E-state index in [9.17, 15) is 14.0 Å². The summed E-state index contributed by atoms with van der Waals surface area (Å²) in [6.45, 7) is 4.63. The molecule has 0 saturated carbocycles. The fourth-order valence-corrected chi connectivity index (χ4v) is 3.86. The molecule has 0 fully saturated rings. The number of thioether (sulfide) groups is 1. The molecule has 0 aliphatic carbocycles. The maximum absolute atomic E-state index is 13.8. The molecule has 2 aromatic carbocycles. The van der Waals surface area contributed by atoms with Crippen molar-refractivity contribution in [1.82, 2.24) is 20.1 Å². The van der Waals surface area contributed by atoms with Gasteiger partial charge in [-0.05, 0) is 37.1 Å². The van der Waals surface area contributed by atoms with Gasteiger partial charge in [0.1, 0.15) is 5.82 Å². The number of rotatable bonds is 9. The first-order valence-electron chi connectivity index (χ1n) is 9.98. The lowest BCUT2D eigenvalue weighted by atomic mass is 10.1. The van der Waals surface area contributed by atoms with E-state index in [1.807, 2.05) is 42.7 Å². The zero-order valence-electron chi connectivity index (χ0n) is 17.4. The van der Waals surface area contributed by atoms with Crippen molar-refractivity contribution in [3.8, 4) is 0 Å². The van der Waals surface area contributed by atoms with Crippen LogP contribution in [0.5, 0.6) is 0 Å². The molecule has 0 bridgehead atoms. The second kappa shape index (κ2) is 10.7. The van der Waals surface area contributed by atoms with Crippen molar-refractivity contribution in [2.24, 2.45) is 0 Å². The van der Waals surface area contributed by atoms with Crippen LogP contribution in [-0.2, 0) is 24.3 Å². The van der Waals surface area contributed by atoms with Gasteiger partial charge in [0.05, 0.1) is 17.9 Å². The van der Waals surface area contributed by atoms with E-state index in [0.29, 0.717) is 17.5 Å². The number of carbonyl (C=O) groups excluding carboxylic acids is 2. The molecule has 2 N–H and O–H groups in total. The number of para-hydroxylation sites is 1. The Morgan fingerprint density at radius 3 is 2.55 bits per heavy atom. The molecule has 0 unspecified atom stereocenters. The summed E-state index contributed by atoms with van der Waals surface area (Å²) in [5.74, 6) is -0.522. The third kappa shape index (κ3) is 5.69. The summed E-state index contributed by atoms with van der Waals surface area (Å²) in [6, 6.07) is 13.5. The minimum absolute atomic E-state index is 0.0244. The Morgan fingerprint density at radius 1 is 1.06 bits per heavy atom. The summed E-state index contributed by atoms with van der Waals surface area (Å²) in [5, 5.41) is 14.4. The van der Waals surface area contributed by atoms with Crippen molar-refractivity contribution < 1.29 is 14.0 Å². The van der Waals surface area contributed by atoms with Gasteiger partial charge in [-0.3, -0.25) is 9.59 Å². The van der Waals surface area contributed by atoms with E-state index >= 15 is 0 Å². The van der Waals surface area contributed by atoms with Gasteiger partial charge in [0.2, 0.25) is 5.91 Å². The monoisotopic (exact) mass is 441 g/mol. The number of carbonyl (C=O) groups is 2. The van der Waals surface area contributed by atoms with Gasteiger partial charge in [0, 0.05) is 12.2 Å². The van der Waals surface area contributed by atoms with Gasteiger partial charge >= 0.3 is 0 Å². The molecule has 3 rings (SSSR count). The van der Waals surface area contributed by atoms with Gasteiger partial charge in [0.15, 0.2) is 11.0 Å². The summed E-state index contributed by atoms with van der Waals surface area (Å²) in [7, 11) is 0. The summed E-state index contributed by atoms with van der Waals surface area (Å²) < 4.78 is 15.6. The lowest BCUT2D eigenvalue weighted by molar-refractivity contribution is -0.113. The van der Waals surface area contributed by atoms with Crippen LogP contribution in [0.3, 0.4) is 0 Å². The lowest BCUT2D eigenvalue weighted by Gasteiger charge is -2.10. The average Bonchev–Trinajstić information content (AvgIpc) is 3.18. The van der Waals surface area contributed by atoms with E-state index in [4.69, 9.17) is 0 Å². The quantitative estimate of drug-likeness (QED) is 0.495. The molecule has 1 aromatic heterocycles. The van der Waals surface area contributed by atoms with Crippen LogP contribution in [0.1, 0.15) is 35.6 Å². The van der Waals surface area contributed by atoms with E-state index in [-0.39, 0.29) is 23.8 Å². The number of benzene rings is 2. The first-order chi connectivity index (χ1) is 15.0. The molecule has 2 amide bonds. The normalized spacial score (nSPS) is 10.7. The van der Waals surface area contributed by atoms with Crippen LogP contribution in [0.15, 0.2) is 53.7 Å². The van der Waals surface area contributed by atoms with Gasteiger partial charge in [0.25, 0.3) is 5.91 Å². The number of hydrogen-bond donors (Lipinski definition) is 2. The SMILES string of the molecule is CCc1ccccc1NC(=O)CSc1nnc(CNC(=O)c2ccccc2F)n1CC. The molecule has 1 heterocycles. The van der Waals surface area contributed by atoms with Crippen LogP contribution < -0.4 is 10.6 Å². The predicted molar refractivity (Wildman–Crippen MR) is 118 cm³/mol. The van der Waals surface area contributed by atoms with Crippen LogP contribution in [0.4, 0.5) is 10.1 Å². The van der Waals surface area contributed by atoms with Crippen molar-refractivity contribution in [2.75, 3.05) is 11.1 Å². The predicted octanol–water partition coefficient (Wildman–Crippen LogP) is 3.66. The van der Waals surface area contributed by atoms with Crippen molar-refractivity contribution in [3.05, 3.63) is 71.3 Å². The largest absolute Gasteiger partial charge is 0.345 e. The number of aryl methyl sites for hydroxylation is 1. The second-order valence-electron chi connectivity index (χ2n) is 6.65. The smallest absolute Gasteiger partial charge is 0.254 e. The third-order valence-corrected chi connectivity index (χ3v) is 5.61. The fraction of sp³-hybridized carbons (Fsp3) is 0.273. The van der Waals surface area contributed by atoms with E-state index < -0.39 is 11.7 Å². The molecule has 0 aliphatic rings. The molecule has 9 heteroatoms. The summed E-state index contributed by atoms with van der Waals surface area (Å²) >= 11 is 1.27. The molecule has 0 spiro atoms. The standard InChI is InChI=1S/C22H24FN5O2S/c1-3-15-9-5-8-12-18(15)25-20(29)14-31-22-27-26-19(28(22)4-2)13-24-21(30)16-10-6-7-11-17(16)23/h5-12H,3-4,13-14H2,1-2H3,(H,24,30)(H,25,29). The van der Waals surface area contributed by atoms with Crippen LogP contribution >= 0.6 is 11.8 Å². The first-order valence-corrected chi connectivity index (χ1v) is 11.0. The second-order valence-corrected chi connectivity index (χ2v) is 7.60. The van der Waals surface area contributed by atoms with Gasteiger partial charge in [-0.1, -0.05) is 49.0 Å². The van der Waals surface area contributed by atoms with Crippen molar-refractivity contribution in [2.45, 2.75) is 38.5 Å². The van der Waals surface area contributed by atoms with Crippen LogP contribution in [0.25, 0.3) is 0 Å². The Bertz CT molecular complexity index is 1070. The number of hydrogen-bond acceptors (Lipinski definition) is 5. The van der Waals surface area contributed by atoms with Crippen molar-refractivity contribution in [1.29, 1.82) is 0 Å². The Kier molecular flexibility index (Phi) is 7.77. The molecule has 7 nitrogen and oxygen atoms in total. The number of nitrogens with one attached hydrogen (secondary N) is 2. The Balaban J connectivity index is 1.59. The molecule has 0 atom stereocenters. The molecule has 0 radical (unpaired) electrons. The van der Waals surface area contributed by atoms with E-state index in [1.165, 1.54) is 30.0 Å². The molecular weight excluding hydrogens is 417 g/mol. The number of anilines is 1. The van der Waals surface area contributed by atoms with E-state index in [2.05, 4.69) is 20.8 Å². The molecular formula is C22H24FN5O2S. The highest BCUT2D eigenvalue weighted by Crippen LogP contribution is 2.19. The van der Waals surface area contributed by atoms with Gasteiger partial charge in [-0.15, -0.1) is 10.2 Å². The highest BCUT2D eigenvalue weighted by Gasteiger charge is 2.16. The van der Waals surface area contributed by atoms with Gasteiger partial charge < -0.3 is 15.2 Å². The summed E-state index contributed by atoms with van der Waals surface area (Å²) in [4.78, 5) is 24.6. The lowest BCUT2D eigenvalue weighted by Crippen LogP contribution is -2.25. The highest BCUT2D eigenvalue weighted by atomic mass is 32.2. The van der Waals surface area contributed by atoms with Crippen molar-refractivity contribution >= 4 is 29.3 Å². The molecule has 162 valence electrons. The zero-order chi connectivity index (χ0) is 22.2. The third-order valence-electron chi connectivity index (χ3n) is 4.64. The highest BCUT2D eigenvalue weighted by molar-refractivity contribution is 7.99. The van der Waals surface area contributed by atoms with Crippen LogP contribution in [-0.4, -0.2) is 32.3 Å². The number of amides is 2. The van der Waals surface area contributed by atoms with Gasteiger partial charge in [-0.25, -0.2) is 4.39 Å². The number of halogens is 1. The average molecular weight is 442 g/mol.